The number of nitrogens with two attached hydrogens (primary N) is 1. The SMILES string of the molecule is COCCN(CC1CC1C)c1cc(-c2nnc([C@](C)(N)Cc3ccccc3)o2)cc(N(C)S(=O)(=O)C(C)C)n1. The molecule has 212 valence electrons. The van der Waals surface area contributed by atoms with Crippen molar-refractivity contribution in [3.8, 4) is 11.5 Å². The standard InChI is InChI=1S/C28H40N6O4S/c1-19(2)39(35,36)33(5)24-15-22(16-25(30-24)34(12-13-37-6)18-23-14-20(23)3)26-31-32-27(38-26)28(4,29)17-21-10-8-7-9-11-21/h7-11,15-16,19-20,23H,12-14,17-18,29H2,1-6H3/t20?,23?,28-/m1/s1. The van der Waals surface area contributed by atoms with E-state index in [-0.39, 0.29) is 11.7 Å². The van der Waals surface area contributed by atoms with Crippen LogP contribution in [0, 0.1) is 11.8 Å². The first kappa shape index (κ1) is 29.0. The summed E-state index contributed by atoms with van der Waals surface area (Å²) in [6.07, 6.45) is 1.67. The summed E-state index contributed by atoms with van der Waals surface area (Å²) in [4.78, 5) is 6.92. The number of benzene rings is 1. The second kappa shape index (κ2) is 11.6. The summed E-state index contributed by atoms with van der Waals surface area (Å²) < 4.78 is 38.8. The highest BCUT2D eigenvalue weighted by molar-refractivity contribution is 7.93. The van der Waals surface area contributed by atoms with Crippen molar-refractivity contribution in [1.29, 1.82) is 0 Å². The molecule has 1 fully saturated rings. The number of pyridine rings is 1. The highest BCUT2D eigenvalue weighted by Gasteiger charge is 2.35. The number of anilines is 2. The van der Waals surface area contributed by atoms with Crippen molar-refractivity contribution in [2.24, 2.45) is 17.6 Å². The zero-order valence-corrected chi connectivity index (χ0v) is 24.5. The molecule has 2 aromatic heterocycles. The van der Waals surface area contributed by atoms with Gasteiger partial charge in [0.05, 0.1) is 17.4 Å². The van der Waals surface area contributed by atoms with Crippen LogP contribution in [0.3, 0.4) is 0 Å². The van der Waals surface area contributed by atoms with E-state index in [0.717, 1.165) is 18.5 Å². The molecule has 11 heteroatoms. The van der Waals surface area contributed by atoms with E-state index in [4.69, 9.17) is 19.9 Å². The largest absolute Gasteiger partial charge is 0.419 e. The van der Waals surface area contributed by atoms with Crippen molar-refractivity contribution < 1.29 is 17.6 Å². The van der Waals surface area contributed by atoms with Gasteiger partial charge in [-0.2, -0.15) is 0 Å². The molecule has 39 heavy (non-hydrogen) atoms. The maximum Gasteiger partial charge on any atom is 0.248 e. The Morgan fingerprint density at radius 3 is 2.46 bits per heavy atom. The van der Waals surface area contributed by atoms with Crippen molar-refractivity contribution in [3.63, 3.8) is 0 Å². The zero-order chi connectivity index (χ0) is 28.4. The highest BCUT2D eigenvalue weighted by Crippen LogP contribution is 2.39. The van der Waals surface area contributed by atoms with Crippen molar-refractivity contribution >= 4 is 21.7 Å². The third-order valence-electron chi connectivity index (χ3n) is 7.29. The topological polar surface area (TPSA) is 128 Å². The molecule has 4 rings (SSSR count). The predicted molar refractivity (Wildman–Crippen MR) is 153 cm³/mol. The lowest BCUT2D eigenvalue weighted by Crippen LogP contribution is -2.35. The van der Waals surface area contributed by atoms with Crippen molar-refractivity contribution in [2.45, 2.75) is 51.3 Å². The quantitative estimate of drug-likeness (QED) is 0.334. The number of ether oxygens (including phenoxy) is 1. The number of nitrogens with zero attached hydrogens (tertiary/aromatic N) is 5. The zero-order valence-electron chi connectivity index (χ0n) is 23.7. The van der Waals surface area contributed by atoms with Crippen LogP contribution in [0.4, 0.5) is 11.6 Å². The van der Waals surface area contributed by atoms with Crippen LogP contribution in [-0.2, 0) is 26.7 Å². The van der Waals surface area contributed by atoms with Gasteiger partial charge < -0.3 is 19.8 Å². The highest BCUT2D eigenvalue weighted by atomic mass is 32.2. The van der Waals surface area contributed by atoms with Gasteiger partial charge in [0, 0.05) is 32.8 Å². The van der Waals surface area contributed by atoms with Crippen molar-refractivity contribution in [3.05, 3.63) is 53.9 Å². The molecule has 1 aliphatic carbocycles. The van der Waals surface area contributed by atoms with E-state index >= 15 is 0 Å². The predicted octanol–water partition coefficient (Wildman–Crippen LogP) is 3.83. The average Bonchev–Trinajstić information content (AvgIpc) is 3.36. The van der Waals surface area contributed by atoms with E-state index in [1.807, 2.05) is 43.3 Å². The summed E-state index contributed by atoms with van der Waals surface area (Å²) in [5.41, 5.74) is 7.35. The summed E-state index contributed by atoms with van der Waals surface area (Å²) in [6.45, 7) is 9.31. The summed E-state index contributed by atoms with van der Waals surface area (Å²) in [7, 11) is -0.440. The van der Waals surface area contributed by atoms with Gasteiger partial charge in [-0.3, -0.25) is 4.31 Å². The number of sulfonamides is 1. The molecule has 0 aliphatic heterocycles. The van der Waals surface area contributed by atoms with Crippen LogP contribution in [0.15, 0.2) is 46.9 Å². The number of hydrogen-bond donors (Lipinski definition) is 1. The molecule has 2 N–H and O–H groups in total. The Morgan fingerprint density at radius 2 is 1.85 bits per heavy atom. The molecule has 3 aromatic rings. The summed E-state index contributed by atoms with van der Waals surface area (Å²) in [6, 6.07) is 13.4. The van der Waals surface area contributed by atoms with Gasteiger partial charge in [0.15, 0.2) is 0 Å². The number of aromatic nitrogens is 3. The lowest BCUT2D eigenvalue weighted by molar-refractivity contribution is 0.204. The van der Waals surface area contributed by atoms with Gasteiger partial charge in [0.1, 0.15) is 11.6 Å². The first-order chi connectivity index (χ1) is 18.4. The first-order valence-corrected chi connectivity index (χ1v) is 14.8. The first-order valence-electron chi connectivity index (χ1n) is 13.3. The van der Waals surface area contributed by atoms with E-state index in [1.165, 1.54) is 11.4 Å². The van der Waals surface area contributed by atoms with Crippen molar-refractivity contribution in [2.75, 3.05) is 43.1 Å². The minimum absolute atomic E-state index is 0.251. The van der Waals surface area contributed by atoms with Gasteiger partial charge in [-0.25, -0.2) is 13.4 Å². The van der Waals surface area contributed by atoms with E-state index in [0.29, 0.717) is 48.7 Å². The van der Waals surface area contributed by atoms with Crippen molar-refractivity contribution in [1.82, 2.24) is 15.2 Å². The molecule has 1 aromatic carbocycles. The fraction of sp³-hybridized carbons (Fsp3) is 0.536. The van der Waals surface area contributed by atoms with Crippen LogP contribution in [0.2, 0.25) is 0 Å². The lowest BCUT2D eigenvalue weighted by Gasteiger charge is -2.27. The second-order valence-electron chi connectivity index (χ2n) is 11.0. The van der Waals surface area contributed by atoms with Gasteiger partial charge in [-0.15, -0.1) is 10.2 Å². The monoisotopic (exact) mass is 556 g/mol. The molecule has 0 bridgehead atoms. The third kappa shape index (κ3) is 6.77. The Labute approximate surface area is 231 Å². The molecule has 10 nitrogen and oxygen atoms in total. The Hall–Kier alpha value is -3.02. The molecule has 0 radical (unpaired) electrons. The fourth-order valence-electron chi connectivity index (χ4n) is 4.50. The summed E-state index contributed by atoms with van der Waals surface area (Å²) in [5, 5.41) is 7.97. The number of methoxy groups -OCH3 is 1. The average molecular weight is 557 g/mol. The van der Waals surface area contributed by atoms with Gasteiger partial charge in [0.2, 0.25) is 21.8 Å². The molecule has 2 unspecified atom stereocenters. The normalized spacial score (nSPS) is 18.7. The molecular formula is C28H40N6O4S. The van der Waals surface area contributed by atoms with Crippen LogP contribution in [0.5, 0.6) is 0 Å². The van der Waals surface area contributed by atoms with Crippen LogP contribution in [0.1, 0.15) is 45.6 Å². The van der Waals surface area contributed by atoms with Crippen LogP contribution < -0.4 is 14.9 Å². The molecule has 2 heterocycles. The summed E-state index contributed by atoms with van der Waals surface area (Å²) >= 11 is 0. The fourth-order valence-corrected chi connectivity index (χ4v) is 5.49. The molecule has 3 atom stereocenters. The van der Waals surface area contributed by atoms with Crippen LogP contribution in [0.25, 0.3) is 11.5 Å². The second-order valence-corrected chi connectivity index (χ2v) is 13.6. The smallest absolute Gasteiger partial charge is 0.248 e. The lowest BCUT2D eigenvalue weighted by atomic mass is 9.94. The molecule has 0 amide bonds. The van der Waals surface area contributed by atoms with E-state index in [1.54, 1.807) is 27.0 Å². The Bertz CT molecular complexity index is 1360. The van der Waals surface area contributed by atoms with Gasteiger partial charge in [-0.05, 0) is 63.1 Å². The maximum atomic E-state index is 13.1. The Balaban J connectivity index is 1.73. The van der Waals surface area contributed by atoms with Gasteiger partial charge in [0.25, 0.3) is 0 Å². The minimum atomic E-state index is -3.62. The van der Waals surface area contributed by atoms with E-state index in [2.05, 4.69) is 22.0 Å². The van der Waals surface area contributed by atoms with Crippen LogP contribution >= 0.6 is 0 Å². The Kier molecular flexibility index (Phi) is 8.63. The maximum absolute atomic E-state index is 13.1. The van der Waals surface area contributed by atoms with Crippen LogP contribution in [-0.4, -0.2) is 62.7 Å². The molecule has 0 saturated heterocycles. The molecule has 1 aliphatic rings. The Morgan fingerprint density at radius 1 is 1.18 bits per heavy atom. The third-order valence-corrected chi connectivity index (χ3v) is 9.44. The minimum Gasteiger partial charge on any atom is -0.419 e. The number of rotatable bonds is 13. The van der Waals surface area contributed by atoms with E-state index < -0.39 is 20.8 Å². The number of hydrogen-bond acceptors (Lipinski definition) is 9. The molecule has 1 saturated carbocycles. The van der Waals surface area contributed by atoms with Gasteiger partial charge in [-0.1, -0.05) is 37.3 Å². The van der Waals surface area contributed by atoms with E-state index in [9.17, 15) is 8.42 Å². The van der Waals surface area contributed by atoms with Gasteiger partial charge >= 0.3 is 0 Å². The summed E-state index contributed by atoms with van der Waals surface area (Å²) in [5.74, 6) is 2.66. The molecule has 0 spiro atoms. The molecular weight excluding hydrogens is 516 g/mol.